The largest absolute Gasteiger partial charge is 0.481 e. The number of hydrogen-bond donors (Lipinski definition) is 2. The molecule has 5 heteroatoms. The van der Waals surface area contributed by atoms with Crippen molar-refractivity contribution in [3.05, 3.63) is 35.9 Å². The molecule has 0 saturated carbocycles. The molecule has 5 nitrogen and oxygen atoms in total. The Morgan fingerprint density at radius 1 is 1.24 bits per heavy atom. The predicted molar refractivity (Wildman–Crippen MR) is 80.2 cm³/mol. The third-order valence-electron chi connectivity index (χ3n) is 3.11. The van der Waals surface area contributed by atoms with Crippen LogP contribution in [0.1, 0.15) is 39.2 Å². The summed E-state index contributed by atoms with van der Waals surface area (Å²) in [7, 11) is 0. The maximum Gasteiger partial charge on any atom is 0.407 e. The SMILES string of the molecule is C[C@@H](c1ccccc1)[C@@H](CNC(=O)OC(C)(C)C)C(=O)O. The Balaban J connectivity index is 2.67. The zero-order chi connectivity index (χ0) is 16.0. The van der Waals surface area contributed by atoms with Crippen LogP contribution in [0.3, 0.4) is 0 Å². The van der Waals surface area contributed by atoms with Gasteiger partial charge < -0.3 is 15.2 Å². The first-order valence-corrected chi connectivity index (χ1v) is 6.95. The molecule has 0 saturated heterocycles. The molecule has 0 radical (unpaired) electrons. The van der Waals surface area contributed by atoms with Gasteiger partial charge in [0.05, 0.1) is 5.92 Å². The quantitative estimate of drug-likeness (QED) is 0.875. The molecule has 0 unspecified atom stereocenters. The van der Waals surface area contributed by atoms with Crippen LogP contribution in [0, 0.1) is 5.92 Å². The van der Waals surface area contributed by atoms with E-state index in [0.29, 0.717) is 0 Å². The minimum absolute atomic E-state index is 0.0281. The fourth-order valence-electron chi connectivity index (χ4n) is 1.97. The summed E-state index contributed by atoms with van der Waals surface area (Å²) in [6, 6.07) is 9.38. The lowest BCUT2D eigenvalue weighted by molar-refractivity contribution is -0.142. The number of aliphatic carboxylic acids is 1. The lowest BCUT2D eigenvalue weighted by atomic mass is 9.87. The molecule has 1 rings (SSSR count). The van der Waals surface area contributed by atoms with Crippen molar-refractivity contribution in [3.63, 3.8) is 0 Å². The zero-order valence-corrected chi connectivity index (χ0v) is 12.9. The second-order valence-corrected chi connectivity index (χ2v) is 6.03. The van der Waals surface area contributed by atoms with Crippen LogP contribution in [0.5, 0.6) is 0 Å². The molecule has 0 bridgehead atoms. The van der Waals surface area contributed by atoms with Gasteiger partial charge in [0.25, 0.3) is 0 Å². The number of amides is 1. The first-order chi connectivity index (χ1) is 9.70. The normalized spacial score (nSPS) is 14.1. The molecule has 2 N–H and O–H groups in total. The molecule has 1 aromatic rings. The van der Waals surface area contributed by atoms with Crippen LogP contribution in [0.25, 0.3) is 0 Å². The van der Waals surface area contributed by atoms with Crippen molar-refractivity contribution in [1.29, 1.82) is 0 Å². The smallest absolute Gasteiger partial charge is 0.407 e. The van der Waals surface area contributed by atoms with E-state index in [0.717, 1.165) is 5.56 Å². The molecule has 0 aliphatic rings. The number of carbonyl (C=O) groups excluding carboxylic acids is 1. The summed E-state index contributed by atoms with van der Waals surface area (Å²) in [4.78, 5) is 23.0. The van der Waals surface area contributed by atoms with E-state index in [9.17, 15) is 14.7 Å². The molecule has 0 aliphatic heterocycles. The van der Waals surface area contributed by atoms with Gasteiger partial charge >= 0.3 is 12.1 Å². The van der Waals surface area contributed by atoms with Crippen molar-refractivity contribution in [2.24, 2.45) is 5.92 Å². The predicted octanol–water partition coefficient (Wildman–Crippen LogP) is 3.02. The van der Waals surface area contributed by atoms with Crippen LogP contribution >= 0.6 is 0 Å². The molecular weight excluding hydrogens is 270 g/mol. The van der Waals surface area contributed by atoms with Gasteiger partial charge in [-0.25, -0.2) is 4.79 Å². The fourth-order valence-corrected chi connectivity index (χ4v) is 1.97. The van der Waals surface area contributed by atoms with Crippen molar-refractivity contribution in [1.82, 2.24) is 5.32 Å². The lowest BCUT2D eigenvalue weighted by Crippen LogP contribution is -2.38. The Hall–Kier alpha value is -2.04. The van der Waals surface area contributed by atoms with Crippen LogP contribution < -0.4 is 5.32 Å². The minimum atomic E-state index is -0.942. The van der Waals surface area contributed by atoms with Gasteiger partial charge in [-0.1, -0.05) is 37.3 Å². The van der Waals surface area contributed by atoms with Gasteiger partial charge in [-0.15, -0.1) is 0 Å². The zero-order valence-electron chi connectivity index (χ0n) is 12.9. The van der Waals surface area contributed by atoms with Crippen LogP contribution in [-0.2, 0) is 9.53 Å². The molecule has 0 aliphatic carbocycles. The number of alkyl carbamates (subject to hydrolysis) is 1. The van der Waals surface area contributed by atoms with E-state index in [4.69, 9.17) is 4.74 Å². The summed E-state index contributed by atoms with van der Waals surface area (Å²) in [5.74, 6) is -1.86. The Morgan fingerprint density at radius 2 is 1.81 bits per heavy atom. The second-order valence-electron chi connectivity index (χ2n) is 6.03. The highest BCUT2D eigenvalue weighted by atomic mass is 16.6. The van der Waals surface area contributed by atoms with Crippen molar-refractivity contribution >= 4 is 12.1 Å². The van der Waals surface area contributed by atoms with E-state index < -0.39 is 23.6 Å². The van der Waals surface area contributed by atoms with Crippen molar-refractivity contribution in [3.8, 4) is 0 Å². The van der Waals surface area contributed by atoms with E-state index in [-0.39, 0.29) is 12.5 Å². The fraction of sp³-hybridized carbons (Fsp3) is 0.500. The highest BCUT2D eigenvalue weighted by molar-refractivity contribution is 5.73. The summed E-state index contributed by atoms with van der Waals surface area (Å²) < 4.78 is 5.11. The number of rotatable bonds is 5. The van der Waals surface area contributed by atoms with Gasteiger partial charge in [0.15, 0.2) is 0 Å². The Morgan fingerprint density at radius 3 is 2.29 bits per heavy atom. The molecule has 1 amide bonds. The molecule has 21 heavy (non-hydrogen) atoms. The van der Waals surface area contributed by atoms with Gasteiger partial charge in [-0.3, -0.25) is 4.79 Å². The Kier molecular flexibility index (Phi) is 5.76. The molecule has 0 fully saturated rings. The average molecular weight is 293 g/mol. The van der Waals surface area contributed by atoms with E-state index in [1.54, 1.807) is 20.8 Å². The summed E-state index contributed by atoms with van der Waals surface area (Å²) in [5, 5.41) is 11.9. The number of carbonyl (C=O) groups is 2. The van der Waals surface area contributed by atoms with E-state index >= 15 is 0 Å². The third-order valence-corrected chi connectivity index (χ3v) is 3.11. The van der Waals surface area contributed by atoms with E-state index in [1.807, 2.05) is 37.3 Å². The molecular formula is C16H23NO4. The number of benzene rings is 1. The van der Waals surface area contributed by atoms with Crippen LogP contribution in [-0.4, -0.2) is 29.3 Å². The van der Waals surface area contributed by atoms with E-state index in [1.165, 1.54) is 0 Å². The summed E-state index contributed by atoms with van der Waals surface area (Å²) in [6.07, 6.45) is -0.603. The van der Waals surface area contributed by atoms with Crippen molar-refractivity contribution < 1.29 is 19.4 Å². The van der Waals surface area contributed by atoms with Gasteiger partial charge in [-0.2, -0.15) is 0 Å². The molecule has 0 aromatic heterocycles. The van der Waals surface area contributed by atoms with E-state index in [2.05, 4.69) is 5.32 Å². The van der Waals surface area contributed by atoms with Crippen molar-refractivity contribution in [2.75, 3.05) is 6.54 Å². The summed E-state index contributed by atoms with van der Waals surface area (Å²) in [5.41, 5.74) is 0.323. The van der Waals surface area contributed by atoms with Gasteiger partial charge in [-0.05, 0) is 32.3 Å². The second kappa shape index (κ2) is 7.11. The first kappa shape index (κ1) is 17.0. The lowest BCUT2D eigenvalue weighted by Gasteiger charge is -2.23. The molecule has 116 valence electrons. The topological polar surface area (TPSA) is 75.6 Å². The number of nitrogens with one attached hydrogen (secondary N) is 1. The Labute approximate surface area is 125 Å². The summed E-state index contributed by atoms with van der Waals surface area (Å²) in [6.45, 7) is 7.14. The summed E-state index contributed by atoms with van der Waals surface area (Å²) >= 11 is 0. The number of hydrogen-bond acceptors (Lipinski definition) is 3. The molecule has 1 aromatic carbocycles. The van der Waals surface area contributed by atoms with Crippen LogP contribution in [0.2, 0.25) is 0 Å². The van der Waals surface area contributed by atoms with Gasteiger partial charge in [0.2, 0.25) is 0 Å². The highest BCUT2D eigenvalue weighted by Gasteiger charge is 2.27. The first-order valence-electron chi connectivity index (χ1n) is 6.95. The number of carboxylic acids is 1. The van der Waals surface area contributed by atoms with Gasteiger partial charge in [0, 0.05) is 6.54 Å². The molecule has 0 heterocycles. The monoisotopic (exact) mass is 293 g/mol. The molecule has 2 atom stereocenters. The average Bonchev–Trinajstić information content (AvgIpc) is 2.37. The molecule has 0 spiro atoms. The maximum absolute atomic E-state index is 11.6. The number of carboxylic acid groups (broad SMARTS) is 1. The minimum Gasteiger partial charge on any atom is -0.481 e. The van der Waals surface area contributed by atoms with Crippen LogP contribution in [0.15, 0.2) is 30.3 Å². The number of ether oxygens (including phenoxy) is 1. The third kappa shape index (κ3) is 5.85. The standard InChI is InChI=1S/C16H23NO4/c1-11(12-8-6-5-7-9-12)13(14(18)19)10-17-15(20)21-16(2,3)4/h5-9,11,13H,10H2,1-4H3,(H,17,20)(H,18,19)/t11-,13+/m0/s1. The maximum atomic E-state index is 11.6. The van der Waals surface area contributed by atoms with Crippen molar-refractivity contribution in [2.45, 2.75) is 39.2 Å². The Bertz CT molecular complexity index is 479. The van der Waals surface area contributed by atoms with Gasteiger partial charge in [0.1, 0.15) is 5.60 Å². The van der Waals surface area contributed by atoms with Crippen LogP contribution in [0.4, 0.5) is 4.79 Å². The highest BCUT2D eigenvalue weighted by Crippen LogP contribution is 2.24.